The molecule has 0 atom stereocenters. The van der Waals surface area contributed by atoms with Gasteiger partial charge in [-0.25, -0.2) is 0 Å². The average Bonchev–Trinajstić information content (AvgIpc) is 2.18. The second kappa shape index (κ2) is 5.46. The maximum absolute atomic E-state index is 11.5. The summed E-state index contributed by atoms with van der Waals surface area (Å²) in [5.41, 5.74) is 0.629. The minimum Gasteiger partial charge on any atom is -0.351 e. The molecule has 1 rings (SSSR count). The van der Waals surface area contributed by atoms with Gasteiger partial charge in [-0.1, -0.05) is 12.1 Å². The van der Waals surface area contributed by atoms with Crippen LogP contribution in [0.5, 0.6) is 0 Å². The van der Waals surface area contributed by atoms with Gasteiger partial charge in [-0.05, 0) is 28.1 Å². The van der Waals surface area contributed by atoms with E-state index >= 15 is 0 Å². The molecule has 0 unspecified atom stereocenters. The highest BCUT2D eigenvalue weighted by Gasteiger charge is 2.07. The smallest absolute Gasteiger partial charge is 0.252 e. The Labute approximate surface area is 91.8 Å². The number of hydrogen-bond donors (Lipinski definition) is 1. The summed E-state index contributed by atoms with van der Waals surface area (Å²) in [5.74, 6) is 2.36. The van der Waals surface area contributed by atoms with Gasteiger partial charge in [-0.15, -0.1) is 12.3 Å². The van der Waals surface area contributed by atoms with Crippen LogP contribution in [0.4, 0.5) is 0 Å². The van der Waals surface area contributed by atoms with Gasteiger partial charge in [0.25, 0.3) is 5.91 Å². The molecule has 0 saturated heterocycles. The van der Waals surface area contributed by atoms with Gasteiger partial charge in [0.05, 0.1) is 5.56 Å². The molecular weight excluding hydrogens is 242 g/mol. The second-order valence-electron chi connectivity index (χ2n) is 2.69. The summed E-state index contributed by atoms with van der Waals surface area (Å²) in [7, 11) is 0. The first-order chi connectivity index (χ1) is 6.75. The van der Waals surface area contributed by atoms with Crippen molar-refractivity contribution in [1.29, 1.82) is 0 Å². The molecule has 0 fully saturated rings. The number of halogens is 1. The maximum atomic E-state index is 11.5. The molecule has 2 nitrogen and oxygen atoms in total. The molecule has 0 saturated carbocycles. The summed E-state index contributed by atoms with van der Waals surface area (Å²) in [4.78, 5) is 11.5. The van der Waals surface area contributed by atoms with Crippen LogP contribution < -0.4 is 5.32 Å². The number of benzene rings is 1. The van der Waals surface area contributed by atoms with E-state index in [1.54, 1.807) is 6.07 Å². The summed E-state index contributed by atoms with van der Waals surface area (Å²) in [6.07, 6.45) is 5.62. The van der Waals surface area contributed by atoms with Crippen LogP contribution in [-0.2, 0) is 0 Å². The Morgan fingerprint density at radius 1 is 1.50 bits per heavy atom. The molecular formula is C11H10BrNO. The quantitative estimate of drug-likeness (QED) is 0.648. The Morgan fingerprint density at radius 2 is 2.21 bits per heavy atom. The molecule has 0 radical (unpaired) electrons. The van der Waals surface area contributed by atoms with E-state index in [2.05, 4.69) is 27.2 Å². The number of rotatable bonds is 3. The first-order valence-electron chi connectivity index (χ1n) is 4.22. The van der Waals surface area contributed by atoms with Crippen molar-refractivity contribution >= 4 is 21.8 Å². The number of nitrogens with one attached hydrogen (secondary N) is 1. The van der Waals surface area contributed by atoms with Gasteiger partial charge in [-0.2, -0.15) is 0 Å². The predicted octanol–water partition coefficient (Wildman–Crippen LogP) is 2.20. The van der Waals surface area contributed by atoms with E-state index < -0.39 is 0 Å². The maximum Gasteiger partial charge on any atom is 0.252 e. The van der Waals surface area contributed by atoms with Crippen molar-refractivity contribution in [2.75, 3.05) is 6.54 Å². The lowest BCUT2D eigenvalue weighted by atomic mass is 10.2. The third-order valence-electron chi connectivity index (χ3n) is 1.67. The molecule has 0 aromatic heterocycles. The Balaban J connectivity index is 2.62. The minimum absolute atomic E-state index is 0.104. The normalized spacial score (nSPS) is 9.14. The summed E-state index contributed by atoms with van der Waals surface area (Å²) >= 11 is 3.30. The standard InChI is InChI=1S/C11H10BrNO/c1-2-3-8-13-11(14)9-6-4-5-7-10(9)12/h1,4-7H,3,8H2,(H,13,14). The molecule has 0 bridgehead atoms. The zero-order valence-electron chi connectivity index (χ0n) is 7.59. The van der Waals surface area contributed by atoms with Crippen molar-refractivity contribution in [2.24, 2.45) is 0 Å². The van der Waals surface area contributed by atoms with Gasteiger partial charge < -0.3 is 5.32 Å². The van der Waals surface area contributed by atoms with Gasteiger partial charge in [0.2, 0.25) is 0 Å². The molecule has 0 spiro atoms. The van der Waals surface area contributed by atoms with Crippen LogP contribution in [0, 0.1) is 12.3 Å². The fourth-order valence-corrected chi connectivity index (χ4v) is 1.45. The summed E-state index contributed by atoms with van der Waals surface area (Å²) in [6, 6.07) is 7.27. The van der Waals surface area contributed by atoms with Gasteiger partial charge >= 0.3 is 0 Å². The fourth-order valence-electron chi connectivity index (χ4n) is 0.989. The van der Waals surface area contributed by atoms with E-state index in [1.807, 2.05) is 18.2 Å². The molecule has 0 aliphatic rings. The van der Waals surface area contributed by atoms with E-state index in [1.165, 1.54) is 0 Å². The topological polar surface area (TPSA) is 29.1 Å². The van der Waals surface area contributed by atoms with Gasteiger partial charge in [0.15, 0.2) is 0 Å². The van der Waals surface area contributed by atoms with E-state index in [4.69, 9.17) is 6.42 Å². The molecule has 0 heterocycles. The molecule has 1 amide bonds. The van der Waals surface area contributed by atoms with Crippen LogP contribution in [0.1, 0.15) is 16.8 Å². The first kappa shape index (κ1) is 10.8. The lowest BCUT2D eigenvalue weighted by Crippen LogP contribution is -2.24. The SMILES string of the molecule is C#CCCNC(=O)c1ccccc1Br. The lowest BCUT2D eigenvalue weighted by molar-refractivity contribution is 0.0954. The summed E-state index contributed by atoms with van der Waals surface area (Å²) < 4.78 is 0.790. The van der Waals surface area contributed by atoms with Crippen LogP contribution in [0.2, 0.25) is 0 Å². The lowest BCUT2D eigenvalue weighted by Gasteiger charge is -2.04. The number of carbonyl (C=O) groups excluding carboxylic acids is 1. The van der Waals surface area contributed by atoms with Crippen LogP contribution >= 0.6 is 15.9 Å². The first-order valence-corrected chi connectivity index (χ1v) is 5.01. The number of amides is 1. The van der Waals surface area contributed by atoms with Crippen LogP contribution in [0.25, 0.3) is 0 Å². The zero-order chi connectivity index (χ0) is 10.4. The summed E-state index contributed by atoms with van der Waals surface area (Å²) in [5, 5.41) is 2.73. The van der Waals surface area contributed by atoms with Crippen LogP contribution in [0.15, 0.2) is 28.7 Å². The third kappa shape index (κ3) is 2.90. The molecule has 0 aliphatic heterocycles. The molecule has 1 aromatic rings. The molecule has 3 heteroatoms. The van der Waals surface area contributed by atoms with E-state index in [9.17, 15) is 4.79 Å². The van der Waals surface area contributed by atoms with E-state index in [0.29, 0.717) is 18.5 Å². The predicted molar refractivity (Wildman–Crippen MR) is 59.9 cm³/mol. The highest BCUT2D eigenvalue weighted by molar-refractivity contribution is 9.10. The Kier molecular flexibility index (Phi) is 4.21. The van der Waals surface area contributed by atoms with Gasteiger partial charge in [0.1, 0.15) is 0 Å². The molecule has 1 aromatic carbocycles. The highest BCUT2D eigenvalue weighted by Crippen LogP contribution is 2.15. The third-order valence-corrected chi connectivity index (χ3v) is 2.36. The highest BCUT2D eigenvalue weighted by atomic mass is 79.9. The number of hydrogen-bond acceptors (Lipinski definition) is 1. The molecule has 0 aliphatic carbocycles. The number of carbonyl (C=O) groups is 1. The van der Waals surface area contributed by atoms with Crippen molar-refractivity contribution < 1.29 is 4.79 Å². The molecule has 72 valence electrons. The van der Waals surface area contributed by atoms with Crippen molar-refractivity contribution in [2.45, 2.75) is 6.42 Å². The average molecular weight is 252 g/mol. The Bertz CT molecular complexity index is 368. The van der Waals surface area contributed by atoms with E-state index in [0.717, 1.165) is 4.47 Å². The van der Waals surface area contributed by atoms with Crippen molar-refractivity contribution in [1.82, 2.24) is 5.32 Å². The molecule has 1 N–H and O–H groups in total. The monoisotopic (exact) mass is 251 g/mol. The zero-order valence-corrected chi connectivity index (χ0v) is 9.17. The second-order valence-corrected chi connectivity index (χ2v) is 3.54. The van der Waals surface area contributed by atoms with Crippen molar-refractivity contribution in [3.05, 3.63) is 34.3 Å². The fraction of sp³-hybridized carbons (Fsp3) is 0.182. The summed E-state index contributed by atoms with van der Waals surface area (Å²) in [6.45, 7) is 0.511. The Morgan fingerprint density at radius 3 is 2.86 bits per heavy atom. The van der Waals surface area contributed by atoms with Crippen LogP contribution in [0.3, 0.4) is 0 Å². The molecule has 14 heavy (non-hydrogen) atoms. The van der Waals surface area contributed by atoms with Crippen molar-refractivity contribution in [3.8, 4) is 12.3 Å². The minimum atomic E-state index is -0.104. The largest absolute Gasteiger partial charge is 0.351 e. The number of terminal acetylenes is 1. The van der Waals surface area contributed by atoms with Crippen molar-refractivity contribution in [3.63, 3.8) is 0 Å². The Hall–Kier alpha value is -1.27. The van der Waals surface area contributed by atoms with Gasteiger partial charge in [0, 0.05) is 17.4 Å². The van der Waals surface area contributed by atoms with Crippen LogP contribution in [-0.4, -0.2) is 12.5 Å². The van der Waals surface area contributed by atoms with E-state index in [-0.39, 0.29) is 5.91 Å². The van der Waals surface area contributed by atoms with Gasteiger partial charge in [-0.3, -0.25) is 4.79 Å².